The first-order valence-corrected chi connectivity index (χ1v) is 9.27. The average molecular weight is 334 g/mol. The van der Waals surface area contributed by atoms with Crippen LogP contribution in [0.15, 0.2) is 12.2 Å². The molecule has 2 aliphatic heterocycles. The lowest BCUT2D eigenvalue weighted by Crippen LogP contribution is -2.50. The van der Waals surface area contributed by atoms with E-state index in [0.29, 0.717) is 0 Å². The van der Waals surface area contributed by atoms with Gasteiger partial charge in [-0.05, 0) is 13.1 Å². The first kappa shape index (κ1) is 17.4. The summed E-state index contributed by atoms with van der Waals surface area (Å²) in [6.45, 7) is 17.2. The number of nitrogens with zero attached hydrogens (tertiary/aromatic N) is 4. The number of rotatable bonds is 4. The largest absolute Gasteiger partial charge is 0.340 e. The van der Waals surface area contributed by atoms with Crippen LogP contribution in [-0.4, -0.2) is 96.9 Å². The monoisotopic (exact) mass is 334 g/mol. The van der Waals surface area contributed by atoms with Crippen LogP contribution in [0.2, 0.25) is 0 Å². The van der Waals surface area contributed by atoms with Crippen LogP contribution in [0.5, 0.6) is 0 Å². The summed E-state index contributed by atoms with van der Waals surface area (Å²) in [5.74, 6) is -0.313. The van der Waals surface area contributed by atoms with Gasteiger partial charge in [-0.15, -0.1) is 0 Å². The topological polar surface area (TPSA) is 47.1 Å². The second-order valence-corrected chi connectivity index (χ2v) is 7.05. The Kier molecular flexibility index (Phi) is 5.25. The van der Waals surface area contributed by atoms with E-state index in [4.69, 9.17) is 0 Å². The van der Waals surface area contributed by atoms with Gasteiger partial charge in [0.1, 0.15) is 0 Å². The summed E-state index contributed by atoms with van der Waals surface area (Å²) in [6, 6.07) is 0. The predicted molar refractivity (Wildman–Crippen MR) is 93.5 cm³/mol. The van der Waals surface area contributed by atoms with Gasteiger partial charge in [0.15, 0.2) is 0 Å². The molecule has 6 heteroatoms. The van der Waals surface area contributed by atoms with Crippen molar-refractivity contribution in [1.29, 1.82) is 0 Å². The normalized spacial score (nSPS) is 29.0. The van der Waals surface area contributed by atoms with Crippen molar-refractivity contribution < 1.29 is 9.59 Å². The van der Waals surface area contributed by atoms with Crippen LogP contribution >= 0.6 is 0 Å². The maximum absolute atomic E-state index is 12.7. The van der Waals surface area contributed by atoms with E-state index in [0.717, 1.165) is 71.0 Å². The fourth-order valence-electron chi connectivity index (χ4n) is 3.88. The van der Waals surface area contributed by atoms with Crippen LogP contribution < -0.4 is 0 Å². The molecule has 24 heavy (non-hydrogen) atoms. The molecule has 3 aliphatic rings. The van der Waals surface area contributed by atoms with Gasteiger partial charge in [-0.25, -0.2) is 0 Å². The molecule has 2 unspecified atom stereocenters. The highest BCUT2D eigenvalue weighted by Gasteiger charge is 2.55. The fraction of sp³-hybridized carbons (Fsp3) is 0.778. The lowest BCUT2D eigenvalue weighted by atomic mass is 10.2. The van der Waals surface area contributed by atoms with Gasteiger partial charge in [-0.2, -0.15) is 0 Å². The van der Waals surface area contributed by atoms with E-state index < -0.39 is 0 Å². The Hall–Kier alpha value is -1.40. The molecule has 2 saturated heterocycles. The number of likely N-dealkylation sites (N-methyl/N-ethyl adjacent to an activating group) is 2. The van der Waals surface area contributed by atoms with Crippen molar-refractivity contribution in [2.45, 2.75) is 13.8 Å². The van der Waals surface area contributed by atoms with Gasteiger partial charge in [-0.3, -0.25) is 9.59 Å². The molecule has 0 bridgehead atoms. The zero-order chi connectivity index (χ0) is 17.3. The molecular weight excluding hydrogens is 304 g/mol. The highest BCUT2D eigenvalue weighted by atomic mass is 16.2. The molecule has 3 rings (SSSR count). The summed E-state index contributed by atoms with van der Waals surface area (Å²) in [5.41, 5.74) is 0.820. The molecule has 0 aromatic heterocycles. The number of carbonyl (C=O) groups is 2. The number of amides is 2. The third-order valence-corrected chi connectivity index (χ3v) is 5.82. The van der Waals surface area contributed by atoms with Crippen LogP contribution in [-0.2, 0) is 9.59 Å². The van der Waals surface area contributed by atoms with Crippen molar-refractivity contribution in [3.8, 4) is 0 Å². The van der Waals surface area contributed by atoms with E-state index in [1.807, 2.05) is 9.80 Å². The van der Waals surface area contributed by atoms with Crippen molar-refractivity contribution in [1.82, 2.24) is 19.6 Å². The standard InChI is InChI=1S/C18H30N4O2/c1-4-19-6-10-21(11-7-19)17(23)15-14(3)16(15)18(24)22-12-8-20(5-2)9-13-22/h15-16H,3-13H2,1-2H3. The van der Waals surface area contributed by atoms with Gasteiger partial charge in [0.05, 0.1) is 11.8 Å². The average Bonchev–Trinajstić information content (AvgIpc) is 3.31. The molecule has 0 spiro atoms. The molecule has 0 radical (unpaired) electrons. The number of piperazine rings is 2. The third-order valence-electron chi connectivity index (χ3n) is 5.82. The van der Waals surface area contributed by atoms with Crippen LogP contribution in [0.1, 0.15) is 13.8 Å². The molecule has 0 aromatic rings. The Morgan fingerprint density at radius 2 is 1.12 bits per heavy atom. The summed E-state index contributed by atoms with van der Waals surface area (Å²) in [4.78, 5) is 34.0. The maximum atomic E-state index is 12.7. The molecule has 3 fully saturated rings. The minimum absolute atomic E-state index is 0.112. The van der Waals surface area contributed by atoms with Crippen LogP contribution in [0.3, 0.4) is 0 Å². The number of carbonyl (C=O) groups excluding carboxylic acids is 2. The Labute approximate surface area is 145 Å². The van der Waals surface area contributed by atoms with Gasteiger partial charge in [-0.1, -0.05) is 26.0 Å². The Bertz CT molecular complexity index is 461. The van der Waals surface area contributed by atoms with E-state index in [-0.39, 0.29) is 23.7 Å². The van der Waals surface area contributed by atoms with Gasteiger partial charge in [0, 0.05) is 52.4 Å². The second kappa shape index (κ2) is 7.23. The molecule has 0 aromatic carbocycles. The van der Waals surface area contributed by atoms with Gasteiger partial charge in [0.25, 0.3) is 0 Å². The Morgan fingerprint density at radius 1 is 0.792 bits per heavy atom. The zero-order valence-electron chi connectivity index (χ0n) is 15.0. The van der Waals surface area contributed by atoms with Crippen molar-refractivity contribution >= 4 is 11.8 Å². The third kappa shape index (κ3) is 3.35. The predicted octanol–water partition coefficient (Wildman–Crippen LogP) is 0.117. The van der Waals surface area contributed by atoms with Crippen molar-refractivity contribution in [3.05, 3.63) is 12.2 Å². The fourth-order valence-corrected chi connectivity index (χ4v) is 3.88. The molecular formula is C18H30N4O2. The van der Waals surface area contributed by atoms with E-state index in [2.05, 4.69) is 30.2 Å². The molecule has 2 atom stereocenters. The minimum Gasteiger partial charge on any atom is -0.340 e. The van der Waals surface area contributed by atoms with Crippen LogP contribution in [0.4, 0.5) is 0 Å². The van der Waals surface area contributed by atoms with Gasteiger partial charge < -0.3 is 19.6 Å². The second-order valence-electron chi connectivity index (χ2n) is 7.05. The van der Waals surface area contributed by atoms with Gasteiger partial charge >= 0.3 is 0 Å². The SMILES string of the molecule is C=C1C(C(=O)N2CCN(CC)CC2)C1C(=O)N1CCN(CC)CC1. The summed E-state index contributed by atoms with van der Waals surface area (Å²) < 4.78 is 0. The first-order valence-electron chi connectivity index (χ1n) is 9.27. The van der Waals surface area contributed by atoms with E-state index >= 15 is 0 Å². The van der Waals surface area contributed by atoms with Crippen molar-refractivity contribution in [3.63, 3.8) is 0 Å². The maximum Gasteiger partial charge on any atom is 0.231 e. The van der Waals surface area contributed by atoms with Crippen molar-refractivity contribution in [2.24, 2.45) is 11.8 Å². The molecule has 1 aliphatic carbocycles. The lowest BCUT2D eigenvalue weighted by molar-refractivity contribution is -0.139. The molecule has 0 N–H and O–H groups in total. The summed E-state index contributed by atoms with van der Waals surface area (Å²) in [7, 11) is 0. The first-order chi connectivity index (χ1) is 11.6. The van der Waals surface area contributed by atoms with Gasteiger partial charge in [0.2, 0.25) is 11.8 Å². The number of hydrogen-bond donors (Lipinski definition) is 0. The van der Waals surface area contributed by atoms with E-state index in [1.165, 1.54) is 0 Å². The minimum atomic E-state index is -0.269. The zero-order valence-corrected chi connectivity index (χ0v) is 15.0. The quantitative estimate of drug-likeness (QED) is 0.685. The Morgan fingerprint density at radius 3 is 1.42 bits per heavy atom. The summed E-state index contributed by atoms with van der Waals surface area (Å²) in [6.07, 6.45) is 0. The molecule has 6 nitrogen and oxygen atoms in total. The highest BCUT2D eigenvalue weighted by molar-refractivity contribution is 5.99. The Balaban J connectivity index is 1.53. The molecule has 2 heterocycles. The van der Waals surface area contributed by atoms with E-state index in [1.54, 1.807) is 0 Å². The molecule has 1 saturated carbocycles. The van der Waals surface area contributed by atoms with Crippen LogP contribution in [0.25, 0.3) is 0 Å². The summed E-state index contributed by atoms with van der Waals surface area (Å²) >= 11 is 0. The van der Waals surface area contributed by atoms with Crippen molar-refractivity contribution in [2.75, 3.05) is 65.4 Å². The lowest BCUT2D eigenvalue weighted by Gasteiger charge is -2.35. The molecule has 134 valence electrons. The smallest absolute Gasteiger partial charge is 0.231 e. The summed E-state index contributed by atoms with van der Waals surface area (Å²) in [5, 5.41) is 0. The van der Waals surface area contributed by atoms with Crippen LogP contribution in [0, 0.1) is 11.8 Å². The highest BCUT2D eigenvalue weighted by Crippen LogP contribution is 2.47. The van der Waals surface area contributed by atoms with E-state index in [9.17, 15) is 9.59 Å². The number of hydrogen-bond acceptors (Lipinski definition) is 4. The molecule has 2 amide bonds.